The summed E-state index contributed by atoms with van der Waals surface area (Å²) in [6.45, 7) is 0.149. The topological polar surface area (TPSA) is 92.9 Å². The maximum absolute atomic E-state index is 13.4. The highest BCUT2D eigenvalue weighted by molar-refractivity contribution is 6.31. The van der Waals surface area contributed by atoms with Gasteiger partial charge in [-0.3, -0.25) is 10.1 Å². The van der Waals surface area contributed by atoms with E-state index in [1.807, 2.05) is 0 Å². The highest BCUT2D eigenvalue weighted by Crippen LogP contribution is 2.37. The van der Waals surface area contributed by atoms with Gasteiger partial charge >= 0.3 is 5.97 Å². The zero-order valence-electron chi connectivity index (χ0n) is 11.0. The molecule has 2 rings (SSSR count). The first-order valence-corrected chi connectivity index (χ1v) is 6.38. The molecule has 1 heterocycles. The number of carbonyl (C=O) groups is 1. The van der Waals surface area contributed by atoms with E-state index in [0.29, 0.717) is 6.07 Å². The van der Waals surface area contributed by atoms with Gasteiger partial charge in [0.05, 0.1) is 22.1 Å². The first kappa shape index (κ1) is 15.5. The molecule has 1 aromatic carbocycles. The smallest absolute Gasteiger partial charge is 0.326 e. The molecule has 114 valence electrons. The van der Waals surface area contributed by atoms with E-state index in [1.54, 1.807) is 0 Å². The van der Waals surface area contributed by atoms with Gasteiger partial charge < -0.3 is 14.7 Å². The third kappa shape index (κ3) is 2.91. The molecule has 1 aliphatic rings. The van der Waals surface area contributed by atoms with Gasteiger partial charge in [0.2, 0.25) is 0 Å². The van der Waals surface area contributed by atoms with E-state index in [4.69, 9.17) is 16.3 Å². The van der Waals surface area contributed by atoms with Crippen LogP contribution in [0.2, 0.25) is 5.02 Å². The van der Waals surface area contributed by atoms with Crippen molar-refractivity contribution < 1.29 is 24.0 Å². The second-order valence-corrected chi connectivity index (χ2v) is 5.02. The van der Waals surface area contributed by atoms with Crippen LogP contribution in [0.5, 0.6) is 0 Å². The maximum Gasteiger partial charge on any atom is 0.326 e. The predicted molar refractivity (Wildman–Crippen MR) is 72.2 cm³/mol. The van der Waals surface area contributed by atoms with Crippen LogP contribution in [-0.2, 0) is 9.53 Å². The highest BCUT2D eigenvalue weighted by atomic mass is 35.5. The van der Waals surface area contributed by atoms with Crippen molar-refractivity contribution in [2.24, 2.45) is 0 Å². The van der Waals surface area contributed by atoms with Gasteiger partial charge in [-0.05, 0) is 6.07 Å². The van der Waals surface area contributed by atoms with Gasteiger partial charge in [0.1, 0.15) is 17.5 Å². The second-order valence-electron chi connectivity index (χ2n) is 4.61. The first-order chi connectivity index (χ1) is 9.85. The SMILES string of the molecule is COC1CC(C(=O)O)N(c2cc(Cl)c(F)cc2[N+](=O)[O-])C1. The third-order valence-electron chi connectivity index (χ3n) is 3.40. The van der Waals surface area contributed by atoms with E-state index in [9.17, 15) is 24.4 Å². The van der Waals surface area contributed by atoms with Crippen molar-refractivity contribution in [1.82, 2.24) is 0 Å². The molecule has 1 fully saturated rings. The minimum absolute atomic E-state index is 0.0293. The fourth-order valence-electron chi connectivity index (χ4n) is 2.37. The number of hydrogen-bond donors (Lipinski definition) is 1. The molecule has 0 amide bonds. The number of methoxy groups -OCH3 is 1. The number of halogens is 2. The van der Waals surface area contributed by atoms with Gasteiger partial charge in [-0.25, -0.2) is 9.18 Å². The van der Waals surface area contributed by atoms with Gasteiger partial charge in [-0.1, -0.05) is 11.6 Å². The van der Waals surface area contributed by atoms with Gasteiger partial charge in [-0.2, -0.15) is 0 Å². The average molecular weight is 319 g/mol. The molecule has 1 aliphatic heterocycles. The number of nitro benzene ring substituents is 1. The molecule has 0 aromatic heterocycles. The van der Waals surface area contributed by atoms with Crippen molar-refractivity contribution in [3.8, 4) is 0 Å². The lowest BCUT2D eigenvalue weighted by molar-refractivity contribution is -0.384. The summed E-state index contributed by atoms with van der Waals surface area (Å²) in [7, 11) is 1.43. The average Bonchev–Trinajstić information content (AvgIpc) is 2.85. The maximum atomic E-state index is 13.4. The van der Waals surface area contributed by atoms with Gasteiger partial charge in [-0.15, -0.1) is 0 Å². The zero-order valence-corrected chi connectivity index (χ0v) is 11.7. The highest BCUT2D eigenvalue weighted by Gasteiger charge is 2.40. The Balaban J connectivity index is 2.51. The van der Waals surface area contributed by atoms with Crippen molar-refractivity contribution in [3.63, 3.8) is 0 Å². The van der Waals surface area contributed by atoms with E-state index >= 15 is 0 Å². The molecular weight excluding hydrogens is 307 g/mol. The molecule has 1 aromatic rings. The molecule has 2 atom stereocenters. The first-order valence-electron chi connectivity index (χ1n) is 6.00. The number of carboxylic acid groups (broad SMARTS) is 1. The number of anilines is 1. The molecule has 1 saturated heterocycles. The number of nitro groups is 1. The van der Waals surface area contributed by atoms with E-state index < -0.39 is 28.4 Å². The van der Waals surface area contributed by atoms with Crippen molar-refractivity contribution in [2.75, 3.05) is 18.6 Å². The van der Waals surface area contributed by atoms with Crippen molar-refractivity contribution >= 4 is 28.9 Å². The Bertz CT molecular complexity index is 597. The van der Waals surface area contributed by atoms with E-state index in [0.717, 1.165) is 6.07 Å². The fraction of sp³-hybridized carbons (Fsp3) is 0.417. The van der Waals surface area contributed by atoms with Gasteiger partial charge in [0.25, 0.3) is 5.69 Å². The Hall–Kier alpha value is -1.93. The number of hydrogen-bond acceptors (Lipinski definition) is 5. The predicted octanol–water partition coefficient (Wildman–Crippen LogP) is 2.07. The summed E-state index contributed by atoms with van der Waals surface area (Å²) < 4.78 is 18.5. The van der Waals surface area contributed by atoms with Crippen LogP contribution < -0.4 is 4.90 Å². The summed E-state index contributed by atoms with van der Waals surface area (Å²) in [5.41, 5.74) is -0.557. The summed E-state index contributed by atoms with van der Waals surface area (Å²) in [4.78, 5) is 22.9. The summed E-state index contributed by atoms with van der Waals surface area (Å²) in [6, 6.07) is 0.773. The largest absolute Gasteiger partial charge is 0.480 e. The lowest BCUT2D eigenvalue weighted by Gasteiger charge is -2.23. The van der Waals surface area contributed by atoms with Crippen LogP contribution in [0.3, 0.4) is 0 Å². The lowest BCUT2D eigenvalue weighted by Crippen LogP contribution is -2.36. The number of aliphatic carboxylic acids is 1. The Morgan fingerprint density at radius 3 is 2.81 bits per heavy atom. The lowest BCUT2D eigenvalue weighted by atomic mass is 10.2. The van der Waals surface area contributed by atoms with Crippen LogP contribution >= 0.6 is 11.6 Å². The molecular formula is C12H12ClFN2O5. The molecule has 2 unspecified atom stereocenters. The standard InChI is InChI=1S/C12H12ClFN2O5/c1-21-6-2-11(12(17)18)15(5-6)9-3-7(13)8(14)4-10(9)16(19)20/h3-4,6,11H,2,5H2,1H3,(H,17,18). The molecule has 1 N–H and O–H groups in total. The van der Waals surface area contributed by atoms with E-state index in [1.165, 1.54) is 12.0 Å². The van der Waals surface area contributed by atoms with Crippen LogP contribution in [0.1, 0.15) is 6.42 Å². The van der Waals surface area contributed by atoms with E-state index in [-0.39, 0.29) is 29.8 Å². The van der Waals surface area contributed by atoms with Crippen molar-refractivity contribution in [2.45, 2.75) is 18.6 Å². The van der Waals surface area contributed by atoms with Crippen LogP contribution in [0.4, 0.5) is 15.8 Å². The summed E-state index contributed by atoms with van der Waals surface area (Å²) >= 11 is 5.66. The molecule has 7 nitrogen and oxygen atoms in total. The Labute approximate surface area is 124 Å². The molecule has 0 saturated carbocycles. The Morgan fingerprint density at radius 1 is 1.62 bits per heavy atom. The fourth-order valence-corrected chi connectivity index (χ4v) is 2.53. The molecule has 0 radical (unpaired) electrons. The number of carboxylic acids is 1. The minimum atomic E-state index is -1.13. The Kier molecular flexibility index (Phi) is 4.29. The van der Waals surface area contributed by atoms with Gasteiger partial charge in [0, 0.05) is 20.1 Å². The zero-order chi connectivity index (χ0) is 15.7. The third-order valence-corrected chi connectivity index (χ3v) is 3.69. The molecule has 9 heteroatoms. The molecule has 0 aliphatic carbocycles. The van der Waals surface area contributed by atoms with Crippen LogP contribution in [0.25, 0.3) is 0 Å². The quantitative estimate of drug-likeness (QED) is 0.674. The van der Waals surface area contributed by atoms with Crippen molar-refractivity contribution in [3.05, 3.63) is 33.1 Å². The van der Waals surface area contributed by atoms with Gasteiger partial charge in [0.15, 0.2) is 0 Å². The number of benzene rings is 1. The minimum Gasteiger partial charge on any atom is -0.480 e. The molecule has 0 spiro atoms. The van der Waals surface area contributed by atoms with Crippen LogP contribution in [0.15, 0.2) is 12.1 Å². The number of nitrogens with zero attached hydrogens (tertiary/aromatic N) is 2. The van der Waals surface area contributed by atoms with Crippen LogP contribution in [-0.4, -0.2) is 41.8 Å². The van der Waals surface area contributed by atoms with Crippen LogP contribution in [0, 0.1) is 15.9 Å². The normalized spacial score (nSPS) is 21.6. The van der Waals surface area contributed by atoms with E-state index in [2.05, 4.69) is 0 Å². The number of ether oxygens (including phenoxy) is 1. The summed E-state index contributed by atoms with van der Waals surface area (Å²) in [5, 5.41) is 20.0. The summed E-state index contributed by atoms with van der Waals surface area (Å²) in [6.07, 6.45) is -0.202. The second kappa shape index (κ2) is 5.82. The monoisotopic (exact) mass is 318 g/mol. The molecule has 21 heavy (non-hydrogen) atoms. The Morgan fingerprint density at radius 2 is 2.29 bits per heavy atom. The van der Waals surface area contributed by atoms with Crippen molar-refractivity contribution in [1.29, 1.82) is 0 Å². The molecule has 0 bridgehead atoms. The summed E-state index contributed by atoms with van der Waals surface area (Å²) in [5.74, 6) is -2.06. The number of rotatable bonds is 4.